The zero-order valence-electron chi connectivity index (χ0n) is 15.4. The summed E-state index contributed by atoms with van der Waals surface area (Å²) in [6, 6.07) is 12.7. The van der Waals surface area contributed by atoms with E-state index in [-0.39, 0.29) is 17.8 Å². The second kappa shape index (κ2) is 7.34. The summed E-state index contributed by atoms with van der Waals surface area (Å²) < 4.78 is 18.2. The highest BCUT2D eigenvalue weighted by molar-refractivity contribution is 6.01. The fourth-order valence-electron chi connectivity index (χ4n) is 3.57. The van der Waals surface area contributed by atoms with Gasteiger partial charge in [0.1, 0.15) is 11.6 Å². The molecule has 2 aromatic carbocycles. The van der Waals surface area contributed by atoms with Gasteiger partial charge in [-0.1, -0.05) is 24.3 Å². The zero-order valence-corrected chi connectivity index (χ0v) is 15.4. The summed E-state index contributed by atoms with van der Waals surface area (Å²) in [4.78, 5) is 26.8. The van der Waals surface area contributed by atoms with E-state index in [1.807, 2.05) is 12.1 Å². The molecule has 0 saturated carbocycles. The Morgan fingerprint density at radius 2 is 1.82 bits per heavy atom. The summed E-state index contributed by atoms with van der Waals surface area (Å²) in [5.41, 5.74) is 2.96. The van der Waals surface area contributed by atoms with Gasteiger partial charge in [0, 0.05) is 6.54 Å². The van der Waals surface area contributed by atoms with Crippen molar-refractivity contribution in [2.45, 2.75) is 12.5 Å². The number of nitrogens with one attached hydrogen (secondary N) is 2. The number of hydrogen-bond donors (Lipinski definition) is 2. The van der Waals surface area contributed by atoms with Crippen LogP contribution in [-0.4, -0.2) is 37.0 Å². The lowest BCUT2D eigenvalue weighted by Gasteiger charge is -2.25. The molecule has 0 radical (unpaired) electrons. The molecule has 0 fully saturated rings. The Kier molecular flexibility index (Phi) is 4.73. The molecule has 3 amide bonds. The van der Waals surface area contributed by atoms with Gasteiger partial charge >= 0.3 is 6.03 Å². The molecule has 2 heterocycles. The summed E-state index contributed by atoms with van der Waals surface area (Å²) >= 11 is 0. The van der Waals surface area contributed by atoms with Crippen molar-refractivity contribution in [2.75, 3.05) is 20.2 Å². The highest BCUT2D eigenvalue weighted by Crippen LogP contribution is 2.33. The zero-order chi connectivity index (χ0) is 19.7. The standard InChI is InChI=1S/C21H20FN3O3/c1-28-16-8-4-14(5-9-16)19-18-17(23-21(27)24-19)12-25(20(18)26)11-10-13-2-6-15(22)7-3-13/h2-9,19H,10-12H2,1H3,(H2,23,24,27)/t19-/m0/s1. The van der Waals surface area contributed by atoms with Gasteiger partial charge in [-0.3, -0.25) is 4.79 Å². The van der Waals surface area contributed by atoms with Crippen LogP contribution < -0.4 is 15.4 Å². The quantitative estimate of drug-likeness (QED) is 0.836. The van der Waals surface area contributed by atoms with E-state index in [0.29, 0.717) is 36.5 Å². The number of nitrogens with zero attached hydrogens (tertiary/aromatic N) is 1. The topological polar surface area (TPSA) is 70.7 Å². The van der Waals surface area contributed by atoms with Gasteiger partial charge in [-0.25, -0.2) is 9.18 Å². The fourth-order valence-corrected chi connectivity index (χ4v) is 3.57. The van der Waals surface area contributed by atoms with Gasteiger partial charge in [-0.05, 0) is 41.8 Å². The van der Waals surface area contributed by atoms with Crippen LogP contribution >= 0.6 is 0 Å². The van der Waals surface area contributed by atoms with Crippen molar-refractivity contribution in [1.29, 1.82) is 0 Å². The molecule has 2 aliphatic rings. The maximum Gasteiger partial charge on any atom is 0.319 e. The Hall–Kier alpha value is -3.35. The molecule has 2 aliphatic heterocycles. The number of carbonyl (C=O) groups is 2. The molecule has 144 valence electrons. The Balaban J connectivity index is 1.52. The Labute approximate surface area is 162 Å². The number of hydrogen-bond acceptors (Lipinski definition) is 3. The number of halogens is 1. The molecular formula is C21H20FN3O3. The van der Waals surface area contributed by atoms with Crippen molar-refractivity contribution in [2.24, 2.45) is 0 Å². The first-order chi connectivity index (χ1) is 13.5. The first-order valence-corrected chi connectivity index (χ1v) is 9.03. The fraction of sp³-hybridized carbons (Fsp3) is 0.238. The predicted octanol–water partition coefficient (Wildman–Crippen LogP) is 2.53. The summed E-state index contributed by atoms with van der Waals surface area (Å²) in [5.74, 6) is 0.316. The average molecular weight is 381 g/mol. The van der Waals surface area contributed by atoms with Gasteiger partial charge in [-0.15, -0.1) is 0 Å². The van der Waals surface area contributed by atoms with Gasteiger partial charge in [0.05, 0.1) is 31.0 Å². The van der Waals surface area contributed by atoms with Gasteiger partial charge in [0.2, 0.25) is 0 Å². The van der Waals surface area contributed by atoms with Crippen LogP contribution in [0.4, 0.5) is 9.18 Å². The number of carbonyl (C=O) groups excluding carboxylic acids is 2. The molecule has 2 N–H and O–H groups in total. The second-order valence-corrected chi connectivity index (χ2v) is 6.80. The molecule has 0 aliphatic carbocycles. The van der Waals surface area contributed by atoms with Crippen LogP contribution in [0.5, 0.6) is 5.75 Å². The number of rotatable bonds is 5. The summed E-state index contributed by atoms with van der Waals surface area (Å²) in [6.45, 7) is 0.845. The van der Waals surface area contributed by atoms with E-state index in [2.05, 4.69) is 10.6 Å². The molecule has 0 spiro atoms. The number of ether oxygens (including phenoxy) is 1. The van der Waals surface area contributed by atoms with Crippen molar-refractivity contribution in [3.8, 4) is 5.75 Å². The molecule has 0 unspecified atom stereocenters. The SMILES string of the molecule is COc1ccc([C@@H]2NC(=O)NC3=C2C(=O)N(CCc2ccc(F)cc2)C3)cc1. The molecule has 28 heavy (non-hydrogen) atoms. The monoisotopic (exact) mass is 381 g/mol. The molecular weight excluding hydrogens is 361 g/mol. The van der Waals surface area contributed by atoms with Gasteiger partial charge in [0.15, 0.2) is 0 Å². The third-order valence-corrected chi connectivity index (χ3v) is 5.05. The molecule has 7 heteroatoms. The normalized spacial score (nSPS) is 18.6. The number of amides is 3. The highest BCUT2D eigenvalue weighted by atomic mass is 19.1. The van der Waals surface area contributed by atoms with E-state index < -0.39 is 6.04 Å². The number of urea groups is 1. The van der Waals surface area contributed by atoms with Gasteiger partial charge in [0.25, 0.3) is 5.91 Å². The van der Waals surface area contributed by atoms with E-state index in [1.165, 1.54) is 12.1 Å². The summed E-state index contributed by atoms with van der Waals surface area (Å²) in [6.07, 6.45) is 0.612. The second-order valence-electron chi connectivity index (χ2n) is 6.80. The first kappa shape index (κ1) is 18.0. The minimum Gasteiger partial charge on any atom is -0.497 e. The third kappa shape index (κ3) is 3.43. The molecule has 1 atom stereocenters. The lowest BCUT2D eigenvalue weighted by molar-refractivity contribution is -0.125. The van der Waals surface area contributed by atoms with E-state index in [4.69, 9.17) is 4.74 Å². The maximum absolute atomic E-state index is 13.1. The lowest BCUT2D eigenvalue weighted by Crippen LogP contribution is -2.44. The van der Waals surface area contributed by atoms with Crippen molar-refractivity contribution in [3.05, 3.63) is 76.7 Å². The van der Waals surface area contributed by atoms with Gasteiger partial charge in [-0.2, -0.15) is 0 Å². The predicted molar refractivity (Wildman–Crippen MR) is 101 cm³/mol. The molecule has 0 bridgehead atoms. The number of methoxy groups -OCH3 is 1. The summed E-state index contributed by atoms with van der Waals surface area (Å²) in [5, 5.41) is 5.59. The lowest BCUT2D eigenvalue weighted by atomic mass is 9.96. The molecule has 0 aromatic heterocycles. The molecule has 6 nitrogen and oxygen atoms in total. The average Bonchev–Trinajstić information content (AvgIpc) is 3.02. The van der Waals surface area contributed by atoms with E-state index in [9.17, 15) is 14.0 Å². The maximum atomic E-state index is 13.1. The van der Waals surface area contributed by atoms with Crippen LogP contribution in [0, 0.1) is 5.82 Å². The van der Waals surface area contributed by atoms with Crippen molar-refractivity contribution in [1.82, 2.24) is 15.5 Å². The Morgan fingerprint density at radius 3 is 2.50 bits per heavy atom. The van der Waals surface area contributed by atoms with E-state index in [1.54, 1.807) is 36.3 Å². The van der Waals surface area contributed by atoms with Crippen LogP contribution in [-0.2, 0) is 11.2 Å². The van der Waals surface area contributed by atoms with Crippen LogP contribution in [0.15, 0.2) is 59.8 Å². The van der Waals surface area contributed by atoms with Crippen LogP contribution in [0.3, 0.4) is 0 Å². The highest BCUT2D eigenvalue weighted by Gasteiger charge is 2.40. The Morgan fingerprint density at radius 1 is 1.11 bits per heavy atom. The van der Waals surface area contributed by atoms with E-state index >= 15 is 0 Å². The van der Waals surface area contributed by atoms with Crippen molar-refractivity contribution >= 4 is 11.9 Å². The third-order valence-electron chi connectivity index (χ3n) is 5.05. The minimum absolute atomic E-state index is 0.106. The number of benzene rings is 2. The van der Waals surface area contributed by atoms with Crippen LogP contribution in [0.2, 0.25) is 0 Å². The smallest absolute Gasteiger partial charge is 0.319 e. The molecule has 2 aromatic rings. The van der Waals surface area contributed by atoms with Crippen LogP contribution in [0.25, 0.3) is 0 Å². The molecule has 0 saturated heterocycles. The van der Waals surface area contributed by atoms with Gasteiger partial charge < -0.3 is 20.3 Å². The molecule has 4 rings (SSSR count). The summed E-state index contributed by atoms with van der Waals surface area (Å²) in [7, 11) is 1.58. The van der Waals surface area contributed by atoms with Crippen molar-refractivity contribution < 1.29 is 18.7 Å². The van der Waals surface area contributed by atoms with E-state index in [0.717, 1.165) is 11.1 Å². The minimum atomic E-state index is -0.502. The first-order valence-electron chi connectivity index (χ1n) is 9.03. The van der Waals surface area contributed by atoms with Crippen molar-refractivity contribution in [3.63, 3.8) is 0 Å². The Bertz CT molecular complexity index is 938. The van der Waals surface area contributed by atoms with Crippen LogP contribution in [0.1, 0.15) is 17.2 Å². The largest absolute Gasteiger partial charge is 0.497 e.